The Kier molecular flexibility index (Phi) is 6.01. The standard InChI is InChI=1S/C19H30N2O/c1-14(2)18(13-16-7-5-4-6-8-16)19(22)21-11-9-17(10-12-21)15(3)20/h4-8,14-15,17-18H,9-13,20H2,1-3H3. The molecule has 2 N–H and O–H groups in total. The van der Waals surface area contributed by atoms with Crippen molar-refractivity contribution in [2.75, 3.05) is 13.1 Å². The third-order valence-electron chi connectivity index (χ3n) is 5.02. The van der Waals surface area contributed by atoms with Crippen LogP contribution in [0.15, 0.2) is 30.3 Å². The summed E-state index contributed by atoms with van der Waals surface area (Å²) < 4.78 is 0. The molecule has 1 aliphatic rings. The Balaban J connectivity index is 1.99. The van der Waals surface area contributed by atoms with Crippen LogP contribution in [0.4, 0.5) is 0 Å². The van der Waals surface area contributed by atoms with Gasteiger partial charge in [-0.3, -0.25) is 4.79 Å². The largest absolute Gasteiger partial charge is 0.342 e. The molecule has 1 aromatic rings. The van der Waals surface area contributed by atoms with Crippen LogP contribution in [-0.2, 0) is 11.2 Å². The summed E-state index contributed by atoms with van der Waals surface area (Å²) in [6.07, 6.45) is 2.92. The van der Waals surface area contributed by atoms with Gasteiger partial charge in [0.25, 0.3) is 0 Å². The van der Waals surface area contributed by atoms with Crippen LogP contribution in [0.1, 0.15) is 39.2 Å². The summed E-state index contributed by atoms with van der Waals surface area (Å²) in [6, 6.07) is 10.6. The van der Waals surface area contributed by atoms with Gasteiger partial charge in [-0.1, -0.05) is 44.2 Å². The van der Waals surface area contributed by atoms with E-state index in [4.69, 9.17) is 5.73 Å². The number of rotatable bonds is 5. The Morgan fingerprint density at radius 3 is 2.27 bits per heavy atom. The summed E-state index contributed by atoms with van der Waals surface area (Å²) in [5, 5.41) is 0. The molecule has 1 amide bonds. The van der Waals surface area contributed by atoms with Crippen molar-refractivity contribution >= 4 is 5.91 Å². The van der Waals surface area contributed by atoms with Crippen LogP contribution in [0.5, 0.6) is 0 Å². The normalized spacial score (nSPS) is 19.2. The Bertz CT molecular complexity index is 462. The smallest absolute Gasteiger partial charge is 0.226 e. The van der Waals surface area contributed by atoms with E-state index < -0.39 is 0 Å². The maximum atomic E-state index is 12.9. The van der Waals surface area contributed by atoms with Gasteiger partial charge in [0, 0.05) is 25.0 Å². The minimum atomic E-state index is 0.0780. The average Bonchev–Trinajstić information content (AvgIpc) is 2.53. The molecule has 122 valence electrons. The van der Waals surface area contributed by atoms with E-state index in [9.17, 15) is 4.79 Å². The Morgan fingerprint density at radius 2 is 1.77 bits per heavy atom. The van der Waals surface area contributed by atoms with Crippen molar-refractivity contribution in [1.29, 1.82) is 0 Å². The van der Waals surface area contributed by atoms with Crippen LogP contribution in [0.2, 0.25) is 0 Å². The maximum Gasteiger partial charge on any atom is 0.226 e. The molecule has 2 atom stereocenters. The summed E-state index contributed by atoms with van der Waals surface area (Å²) in [7, 11) is 0. The van der Waals surface area contributed by atoms with Gasteiger partial charge in [0.2, 0.25) is 5.91 Å². The van der Waals surface area contributed by atoms with E-state index in [1.54, 1.807) is 0 Å². The summed E-state index contributed by atoms with van der Waals surface area (Å²) in [5.41, 5.74) is 7.25. The third kappa shape index (κ3) is 4.33. The number of piperidine rings is 1. The fraction of sp³-hybridized carbons (Fsp3) is 0.632. The van der Waals surface area contributed by atoms with Crippen LogP contribution in [0.3, 0.4) is 0 Å². The minimum absolute atomic E-state index is 0.0780. The fourth-order valence-electron chi connectivity index (χ4n) is 3.36. The van der Waals surface area contributed by atoms with E-state index >= 15 is 0 Å². The van der Waals surface area contributed by atoms with E-state index in [1.807, 2.05) is 18.2 Å². The van der Waals surface area contributed by atoms with Gasteiger partial charge in [-0.05, 0) is 43.6 Å². The van der Waals surface area contributed by atoms with Gasteiger partial charge in [0.1, 0.15) is 0 Å². The molecule has 22 heavy (non-hydrogen) atoms. The molecule has 2 unspecified atom stereocenters. The molecule has 2 rings (SSSR count). The molecule has 1 aliphatic heterocycles. The summed E-state index contributed by atoms with van der Waals surface area (Å²) in [5.74, 6) is 1.32. The molecule has 0 bridgehead atoms. The van der Waals surface area contributed by atoms with Crippen molar-refractivity contribution in [3.8, 4) is 0 Å². The van der Waals surface area contributed by atoms with Crippen molar-refractivity contribution in [2.24, 2.45) is 23.5 Å². The number of likely N-dealkylation sites (tertiary alicyclic amines) is 1. The van der Waals surface area contributed by atoms with Gasteiger partial charge < -0.3 is 10.6 Å². The predicted molar refractivity (Wildman–Crippen MR) is 91.4 cm³/mol. The molecule has 0 radical (unpaired) electrons. The first-order valence-electron chi connectivity index (χ1n) is 8.57. The van der Waals surface area contributed by atoms with Crippen LogP contribution in [-0.4, -0.2) is 29.9 Å². The summed E-state index contributed by atoms with van der Waals surface area (Å²) in [6.45, 7) is 8.11. The zero-order chi connectivity index (χ0) is 16.1. The fourth-order valence-corrected chi connectivity index (χ4v) is 3.36. The topological polar surface area (TPSA) is 46.3 Å². The Labute approximate surface area is 134 Å². The number of carbonyl (C=O) groups is 1. The molecule has 0 aromatic heterocycles. The van der Waals surface area contributed by atoms with Crippen molar-refractivity contribution < 1.29 is 4.79 Å². The van der Waals surface area contributed by atoms with E-state index in [0.717, 1.165) is 32.4 Å². The van der Waals surface area contributed by atoms with Crippen molar-refractivity contribution in [1.82, 2.24) is 4.90 Å². The predicted octanol–water partition coefficient (Wildman–Crippen LogP) is 3.09. The minimum Gasteiger partial charge on any atom is -0.342 e. The maximum absolute atomic E-state index is 12.9. The lowest BCUT2D eigenvalue weighted by Gasteiger charge is -2.36. The Morgan fingerprint density at radius 1 is 1.18 bits per heavy atom. The first-order chi connectivity index (χ1) is 10.5. The van der Waals surface area contributed by atoms with Crippen molar-refractivity contribution in [3.05, 3.63) is 35.9 Å². The van der Waals surface area contributed by atoms with Crippen LogP contribution in [0, 0.1) is 17.8 Å². The number of amides is 1. The lowest BCUT2D eigenvalue weighted by atomic mass is 9.86. The van der Waals surface area contributed by atoms with Gasteiger partial charge >= 0.3 is 0 Å². The molecule has 3 nitrogen and oxygen atoms in total. The number of carbonyl (C=O) groups excluding carboxylic acids is 1. The van der Waals surface area contributed by atoms with Gasteiger partial charge in [-0.25, -0.2) is 0 Å². The lowest BCUT2D eigenvalue weighted by molar-refractivity contribution is -0.138. The zero-order valence-corrected chi connectivity index (χ0v) is 14.2. The van der Waals surface area contributed by atoms with Gasteiger partial charge in [-0.15, -0.1) is 0 Å². The number of hydrogen-bond acceptors (Lipinski definition) is 2. The highest BCUT2D eigenvalue weighted by Crippen LogP contribution is 2.25. The highest BCUT2D eigenvalue weighted by molar-refractivity contribution is 5.79. The monoisotopic (exact) mass is 302 g/mol. The molecule has 0 aliphatic carbocycles. The number of nitrogens with zero attached hydrogens (tertiary/aromatic N) is 1. The SMILES string of the molecule is CC(C)C(Cc1ccccc1)C(=O)N1CCC(C(C)N)CC1. The molecular weight excluding hydrogens is 272 g/mol. The number of benzene rings is 1. The number of nitrogens with two attached hydrogens (primary N) is 1. The summed E-state index contributed by atoms with van der Waals surface area (Å²) >= 11 is 0. The first-order valence-corrected chi connectivity index (χ1v) is 8.57. The second kappa shape index (κ2) is 7.77. The highest BCUT2D eigenvalue weighted by atomic mass is 16.2. The van der Waals surface area contributed by atoms with Gasteiger partial charge in [0.05, 0.1) is 0 Å². The van der Waals surface area contributed by atoms with E-state index in [1.165, 1.54) is 5.56 Å². The molecule has 1 heterocycles. The third-order valence-corrected chi connectivity index (χ3v) is 5.02. The second-order valence-corrected chi connectivity index (χ2v) is 7.06. The average molecular weight is 302 g/mol. The van der Waals surface area contributed by atoms with E-state index in [2.05, 4.69) is 37.8 Å². The van der Waals surface area contributed by atoms with E-state index in [0.29, 0.717) is 17.7 Å². The van der Waals surface area contributed by atoms with E-state index in [-0.39, 0.29) is 12.0 Å². The first kappa shape index (κ1) is 17.0. The van der Waals surface area contributed by atoms with Crippen molar-refractivity contribution in [3.63, 3.8) is 0 Å². The molecule has 1 saturated heterocycles. The van der Waals surface area contributed by atoms with Crippen molar-refractivity contribution in [2.45, 2.75) is 46.1 Å². The Hall–Kier alpha value is -1.35. The van der Waals surface area contributed by atoms with Crippen LogP contribution >= 0.6 is 0 Å². The van der Waals surface area contributed by atoms with Gasteiger partial charge in [-0.2, -0.15) is 0 Å². The number of hydrogen-bond donors (Lipinski definition) is 1. The second-order valence-electron chi connectivity index (χ2n) is 7.06. The van der Waals surface area contributed by atoms with Gasteiger partial charge in [0.15, 0.2) is 0 Å². The summed E-state index contributed by atoms with van der Waals surface area (Å²) in [4.78, 5) is 15.0. The highest BCUT2D eigenvalue weighted by Gasteiger charge is 2.30. The molecule has 0 saturated carbocycles. The molecule has 1 fully saturated rings. The lowest BCUT2D eigenvalue weighted by Crippen LogP contribution is -2.46. The molecule has 3 heteroatoms. The molecule has 1 aromatic carbocycles. The molecule has 0 spiro atoms. The quantitative estimate of drug-likeness (QED) is 0.908. The molecular formula is C19H30N2O. The van der Waals surface area contributed by atoms with Crippen LogP contribution < -0.4 is 5.73 Å². The zero-order valence-electron chi connectivity index (χ0n) is 14.2. The van der Waals surface area contributed by atoms with Crippen LogP contribution in [0.25, 0.3) is 0 Å².